The van der Waals surface area contributed by atoms with Gasteiger partial charge in [-0.05, 0) is 69.2 Å². The third-order valence-corrected chi connectivity index (χ3v) is 4.42. The summed E-state index contributed by atoms with van der Waals surface area (Å²) in [4.78, 5) is 0. The highest BCUT2D eigenvalue weighted by atomic mass is 14.9. The van der Waals surface area contributed by atoms with Crippen molar-refractivity contribution in [2.75, 3.05) is 7.05 Å². The van der Waals surface area contributed by atoms with E-state index in [-0.39, 0.29) is 0 Å². The molecule has 0 amide bonds. The zero-order chi connectivity index (χ0) is 11.8. The fraction of sp³-hybridized carbons (Fsp3) is 0.600. The maximum Gasteiger partial charge on any atom is 0.00953 e. The summed E-state index contributed by atoms with van der Waals surface area (Å²) >= 11 is 0. The summed E-state index contributed by atoms with van der Waals surface area (Å²) in [7, 11) is 2.08. The first-order valence-corrected chi connectivity index (χ1v) is 6.31. The Bertz CT molecular complexity index is 357. The van der Waals surface area contributed by atoms with E-state index >= 15 is 0 Å². The second kappa shape index (κ2) is 4.21. The van der Waals surface area contributed by atoms with E-state index in [4.69, 9.17) is 0 Å². The van der Waals surface area contributed by atoms with Gasteiger partial charge in [0.05, 0.1) is 0 Å². The summed E-state index contributed by atoms with van der Waals surface area (Å²) in [5, 5.41) is 3.43. The Kier molecular flexibility index (Phi) is 3.07. The second-order valence-electron chi connectivity index (χ2n) is 5.42. The SMILES string of the molecule is CNC(C)C1(Cc2c(C)cccc2C)CC1. The Hall–Kier alpha value is -0.820. The van der Waals surface area contributed by atoms with Crippen LogP contribution < -0.4 is 5.32 Å². The monoisotopic (exact) mass is 217 g/mol. The van der Waals surface area contributed by atoms with Crippen LogP contribution in [0.25, 0.3) is 0 Å². The molecule has 88 valence electrons. The predicted octanol–water partition coefficient (Wildman–Crippen LogP) is 3.23. The molecule has 1 aliphatic carbocycles. The summed E-state index contributed by atoms with van der Waals surface area (Å²) in [5.74, 6) is 0. The summed E-state index contributed by atoms with van der Waals surface area (Å²) in [6.45, 7) is 6.80. The zero-order valence-corrected chi connectivity index (χ0v) is 10.9. The Labute approximate surface area is 99.3 Å². The van der Waals surface area contributed by atoms with E-state index in [1.165, 1.54) is 30.4 Å². The number of nitrogens with one attached hydrogen (secondary N) is 1. The van der Waals surface area contributed by atoms with Gasteiger partial charge in [0, 0.05) is 6.04 Å². The van der Waals surface area contributed by atoms with Crippen LogP contribution in [-0.4, -0.2) is 13.1 Å². The van der Waals surface area contributed by atoms with Crippen LogP contribution in [0.5, 0.6) is 0 Å². The van der Waals surface area contributed by atoms with Crippen LogP contribution in [0.2, 0.25) is 0 Å². The van der Waals surface area contributed by atoms with Crippen LogP contribution in [0.15, 0.2) is 18.2 Å². The van der Waals surface area contributed by atoms with Crippen molar-refractivity contribution in [2.45, 2.75) is 46.1 Å². The van der Waals surface area contributed by atoms with Crippen LogP contribution in [0, 0.1) is 19.3 Å². The minimum absolute atomic E-state index is 0.533. The number of hydrogen-bond donors (Lipinski definition) is 1. The molecule has 1 unspecified atom stereocenters. The Morgan fingerprint density at radius 1 is 1.25 bits per heavy atom. The normalized spacial score (nSPS) is 19.5. The van der Waals surface area contributed by atoms with E-state index in [0.717, 1.165) is 0 Å². The van der Waals surface area contributed by atoms with Crippen molar-refractivity contribution in [3.8, 4) is 0 Å². The minimum atomic E-state index is 0.533. The fourth-order valence-corrected chi connectivity index (χ4v) is 2.71. The average Bonchev–Trinajstić information content (AvgIpc) is 3.04. The van der Waals surface area contributed by atoms with Gasteiger partial charge in [-0.15, -0.1) is 0 Å². The quantitative estimate of drug-likeness (QED) is 0.816. The van der Waals surface area contributed by atoms with Crippen LogP contribution in [0.3, 0.4) is 0 Å². The number of benzene rings is 1. The van der Waals surface area contributed by atoms with Crippen molar-refractivity contribution >= 4 is 0 Å². The summed E-state index contributed by atoms with van der Waals surface area (Å²) in [6.07, 6.45) is 4.00. The minimum Gasteiger partial charge on any atom is -0.317 e. The highest BCUT2D eigenvalue weighted by Crippen LogP contribution is 2.51. The predicted molar refractivity (Wildman–Crippen MR) is 69.8 cm³/mol. The molecule has 1 aromatic rings. The Balaban J connectivity index is 2.21. The lowest BCUT2D eigenvalue weighted by Gasteiger charge is -2.24. The van der Waals surface area contributed by atoms with Crippen molar-refractivity contribution in [2.24, 2.45) is 5.41 Å². The van der Waals surface area contributed by atoms with Crippen LogP contribution in [0.4, 0.5) is 0 Å². The van der Waals surface area contributed by atoms with Gasteiger partial charge in [-0.3, -0.25) is 0 Å². The van der Waals surface area contributed by atoms with Gasteiger partial charge in [0.2, 0.25) is 0 Å². The highest BCUT2D eigenvalue weighted by Gasteiger charge is 2.46. The van der Waals surface area contributed by atoms with Crippen LogP contribution >= 0.6 is 0 Å². The van der Waals surface area contributed by atoms with Gasteiger partial charge in [-0.25, -0.2) is 0 Å². The Morgan fingerprint density at radius 2 is 1.81 bits per heavy atom. The van der Waals surface area contributed by atoms with E-state index in [1.54, 1.807) is 5.56 Å². The lowest BCUT2D eigenvalue weighted by molar-refractivity contribution is 0.368. The summed E-state index contributed by atoms with van der Waals surface area (Å²) in [5.41, 5.74) is 5.01. The first-order valence-electron chi connectivity index (χ1n) is 6.31. The van der Waals surface area contributed by atoms with Crippen molar-refractivity contribution in [1.82, 2.24) is 5.32 Å². The molecule has 1 aliphatic rings. The average molecular weight is 217 g/mol. The van der Waals surface area contributed by atoms with Gasteiger partial charge in [0.25, 0.3) is 0 Å². The molecule has 0 aliphatic heterocycles. The maximum absolute atomic E-state index is 3.43. The molecular formula is C15H23N. The lowest BCUT2D eigenvalue weighted by Crippen LogP contribution is -2.33. The van der Waals surface area contributed by atoms with Crippen LogP contribution in [-0.2, 0) is 6.42 Å². The Morgan fingerprint density at radius 3 is 2.25 bits per heavy atom. The third-order valence-electron chi connectivity index (χ3n) is 4.42. The van der Waals surface area contributed by atoms with E-state index in [1.807, 2.05) is 0 Å². The zero-order valence-electron chi connectivity index (χ0n) is 10.9. The molecule has 0 saturated heterocycles. The van der Waals surface area contributed by atoms with Gasteiger partial charge >= 0.3 is 0 Å². The van der Waals surface area contributed by atoms with Crippen molar-refractivity contribution in [3.63, 3.8) is 0 Å². The van der Waals surface area contributed by atoms with Gasteiger partial charge < -0.3 is 5.32 Å². The topological polar surface area (TPSA) is 12.0 Å². The molecule has 1 saturated carbocycles. The molecule has 1 N–H and O–H groups in total. The van der Waals surface area contributed by atoms with Gasteiger partial charge in [0.1, 0.15) is 0 Å². The molecular weight excluding hydrogens is 194 g/mol. The molecule has 0 spiro atoms. The largest absolute Gasteiger partial charge is 0.317 e. The first-order chi connectivity index (χ1) is 7.59. The fourth-order valence-electron chi connectivity index (χ4n) is 2.71. The van der Waals surface area contributed by atoms with Gasteiger partial charge in [-0.1, -0.05) is 18.2 Å². The summed E-state index contributed by atoms with van der Waals surface area (Å²) in [6, 6.07) is 7.27. The van der Waals surface area contributed by atoms with E-state index in [2.05, 4.69) is 51.3 Å². The standard InChI is InChI=1S/C15H23N/c1-11-6-5-7-12(2)14(11)10-15(8-9-15)13(3)16-4/h5-7,13,16H,8-10H2,1-4H3. The molecule has 16 heavy (non-hydrogen) atoms. The van der Waals surface area contributed by atoms with Crippen molar-refractivity contribution < 1.29 is 0 Å². The highest BCUT2D eigenvalue weighted by molar-refractivity contribution is 5.35. The maximum atomic E-state index is 3.43. The molecule has 0 radical (unpaired) electrons. The van der Waals surface area contributed by atoms with Crippen molar-refractivity contribution in [1.29, 1.82) is 0 Å². The molecule has 0 aromatic heterocycles. The van der Waals surface area contributed by atoms with Crippen molar-refractivity contribution in [3.05, 3.63) is 34.9 Å². The molecule has 1 atom stereocenters. The third kappa shape index (κ3) is 2.01. The molecule has 1 fully saturated rings. The smallest absolute Gasteiger partial charge is 0.00953 e. The summed E-state index contributed by atoms with van der Waals surface area (Å²) < 4.78 is 0. The molecule has 2 rings (SSSR count). The van der Waals surface area contributed by atoms with E-state index in [0.29, 0.717) is 11.5 Å². The molecule has 1 heteroatoms. The van der Waals surface area contributed by atoms with Gasteiger partial charge in [-0.2, -0.15) is 0 Å². The molecule has 1 aromatic carbocycles. The molecule has 0 bridgehead atoms. The van der Waals surface area contributed by atoms with E-state index < -0.39 is 0 Å². The molecule has 1 nitrogen and oxygen atoms in total. The number of aryl methyl sites for hydroxylation is 2. The number of rotatable bonds is 4. The number of hydrogen-bond acceptors (Lipinski definition) is 1. The lowest BCUT2D eigenvalue weighted by atomic mass is 9.86. The van der Waals surface area contributed by atoms with E-state index in [9.17, 15) is 0 Å². The first kappa shape index (κ1) is 11.7. The van der Waals surface area contributed by atoms with Gasteiger partial charge in [0.15, 0.2) is 0 Å². The second-order valence-corrected chi connectivity index (χ2v) is 5.42. The van der Waals surface area contributed by atoms with Crippen LogP contribution in [0.1, 0.15) is 36.5 Å². The molecule has 0 heterocycles.